The zero-order valence-corrected chi connectivity index (χ0v) is 16.2. The van der Waals surface area contributed by atoms with Crippen LogP contribution in [0.25, 0.3) is 0 Å². The zero-order chi connectivity index (χ0) is 19.8. The Morgan fingerprint density at radius 1 is 1.07 bits per heavy atom. The summed E-state index contributed by atoms with van der Waals surface area (Å²) in [5.41, 5.74) is 2.34. The van der Waals surface area contributed by atoms with Crippen molar-refractivity contribution in [3.05, 3.63) is 90.3 Å². The predicted molar refractivity (Wildman–Crippen MR) is 112 cm³/mol. The number of carbonyl (C=O) groups is 1. The Balaban J connectivity index is 1.73. The smallest absolute Gasteiger partial charge is 0.257 e. The molecule has 1 aromatic heterocycles. The highest BCUT2D eigenvalue weighted by atomic mass is 16.5. The first-order chi connectivity index (χ1) is 13.6. The first kappa shape index (κ1) is 19.6. The third-order valence-corrected chi connectivity index (χ3v) is 4.30. The number of ether oxygens (including phenoxy) is 1. The van der Waals surface area contributed by atoms with Crippen molar-refractivity contribution < 1.29 is 9.53 Å². The van der Waals surface area contributed by atoms with Crippen LogP contribution < -0.4 is 10.1 Å². The van der Waals surface area contributed by atoms with Crippen LogP contribution in [0.5, 0.6) is 5.75 Å². The SMILES string of the molecule is CN(C)CCC(Oc1cccc(NC(=O)c2cccnc2)c1)c1ccccc1. The highest BCUT2D eigenvalue weighted by Gasteiger charge is 2.14. The lowest BCUT2D eigenvalue weighted by molar-refractivity contribution is 0.102. The summed E-state index contributed by atoms with van der Waals surface area (Å²) in [4.78, 5) is 18.5. The van der Waals surface area contributed by atoms with E-state index in [4.69, 9.17) is 4.74 Å². The first-order valence-electron chi connectivity index (χ1n) is 9.29. The molecule has 3 aromatic rings. The van der Waals surface area contributed by atoms with Crippen molar-refractivity contribution in [1.29, 1.82) is 0 Å². The average molecular weight is 375 g/mol. The number of benzene rings is 2. The summed E-state index contributed by atoms with van der Waals surface area (Å²) in [5.74, 6) is 0.522. The minimum atomic E-state index is -0.197. The molecule has 0 fully saturated rings. The van der Waals surface area contributed by atoms with E-state index >= 15 is 0 Å². The predicted octanol–water partition coefficient (Wildman–Crippen LogP) is 4.41. The van der Waals surface area contributed by atoms with Crippen LogP contribution in [-0.2, 0) is 0 Å². The molecular formula is C23H25N3O2. The molecule has 144 valence electrons. The molecule has 0 aliphatic carbocycles. The van der Waals surface area contributed by atoms with Gasteiger partial charge in [0.15, 0.2) is 0 Å². The van der Waals surface area contributed by atoms with E-state index in [9.17, 15) is 4.79 Å². The van der Waals surface area contributed by atoms with Gasteiger partial charge in [-0.15, -0.1) is 0 Å². The van der Waals surface area contributed by atoms with Crippen LogP contribution in [0.1, 0.15) is 28.4 Å². The number of rotatable bonds is 8. The lowest BCUT2D eigenvalue weighted by Crippen LogP contribution is -2.19. The lowest BCUT2D eigenvalue weighted by Gasteiger charge is -2.22. The molecule has 28 heavy (non-hydrogen) atoms. The largest absolute Gasteiger partial charge is 0.486 e. The van der Waals surface area contributed by atoms with E-state index in [1.807, 2.05) is 42.5 Å². The monoisotopic (exact) mass is 375 g/mol. The normalized spacial score (nSPS) is 11.8. The van der Waals surface area contributed by atoms with E-state index in [0.717, 1.165) is 24.3 Å². The Hall–Kier alpha value is -3.18. The number of pyridine rings is 1. The van der Waals surface area contributed by atoms with E-state index in [1.54, 1.807) is 24.5 Å². The molecule has 5 heteroatoms. The molecule has 1 amide bonds. The number of amides is 1. The molecular weight excluding hydrogens is 350 g/mol. The molecule has 0 saturated carbocycles. The van der Waals surface area contributed by atoms with Crippen molar-refractivity contribution in [2.45, 2.75) is 12.5 Å². The van der Waals surface area contributed by atoms with Crippen molar-refractivity contribution >= 4 is 11.6 Å². The van der Waals surface area contributed by atoms with Crippen LogP contribution in [-0.4, -0.2) is 36.4 Å². The van der Waals surface area contributed by atoms with Crippen LogP contribution in [0.4, 0.5) is 5.69 Å². The molecule has 0 bridgehead atoms. The molecule has 0 aliphatic rings. The second kappa shape index (κ2) is 9.67. The Kier molecular flexibility index (Phi) is 6.76. The molecule has 0 saturated heterocycles. The maximum absolute atomic E-state index is 12.3. The summed E-state index contributed by atoms with van der Waals surface area (Å²) in [6.45, 7) is 0.914. The van der Waals surface area contributed by atoms with Crippen molar-refractivity contribution in [1.82, 2.24) is 9.88 Å². The van der Waals surface area contributed by atoms with E-state index < -0.39 is 0 Å². The summed E-state index contributed by atoms with van der Waals surface area (Å²) in [6.07, 6.45) is 3.99. The number of hydrogen-bond acceptors (Lipinski definition) is 4. The molecule has 0 aliphatic heterocycles. The first-order valence-corrected chi connectivity index (χ1v) is 9.29. The number of anilines is 1. The van der Waals surface area contributed by atoms with Gasteiger partial charge in [-0.1, -0.05) is 36.4 Å². The molecule has 5 nitrogen and oxygen atoms in total. The van der Waals surface area contributed by atoms with Gasteiger partial charge < -0.3 is 15.0 Å². The molecule has 1 unspecified atom stereocenters. The van der Waals surface area contributed by atoms with E-state index in [0.29, 0.717) is 11.3 Å². The topological polar surface area (TPSA) is 54.5 Å². The second-order valence-electron chi connectivity index (χ2n) is 6.83. The third kappa shape index (κ3) is 5.66. The van der Waals surface area contributed by atoms with Gasteiger partial charge in [0.25, 0.3) is 5.91 Å². The number of nitrogens with one attached hydrogen (secondary N) is 1. The molecule has 0 radical (unpaired) electrons. The third-order valence-electron chi connectivity index (χ3n) is 4.30. The van der Waals surface area contributed by atoms with E-state index in [1.165, 1.54) is 0 Å². The fourth-order valence-electron chi connectivity index (χ4n) is 2.85. The van der Waals surface area contributed by atoms with Gasteiger partial charge in [-0.05, 0) is 43.9 Å². The number of aromatic nitrogens is 1. The summed E-state index contributed by atoms with van der Waals surface area (Å²) in [7, 11) is 4.10. The van der Waals surface area contributed by atoms with Crippen LogP contribution >= 0.6 is 0 Å². The van der Waals surface area contributed by atoms with Gasteiger partial charge in [-0.3, -0.25) is 9.78 Å². The van der Waals surface area contributed by atoms with E-state index in [2.05, 4.69) is 41.4 Å². The Morgan fingerprint density at radius 3 is 2.61 bits per heavy atom. The van der Waals surface area contributed by atoms with Gasteiger partial charge in [-0.25, -0.2) is 0 Å². The quantitative estimate of drug-likeness (QED) is 0.634. The maximum Gasteiger partial charge on any atom is 0.257 e. The second-order valence-corrected chi connectivity index (χ2v) is 6.83. The highest BCUT2D eigenvalue weighted by Crippen LogP contribution is 2.27. The van der Waals surface area contributed by atoms with E-state index in [-0.39, 0.29) is 12.0 Å². The van der Waals surface area contributed by atoms with Gasteiger partial charge in [0.2, 0.25) is 0 Å². The minimum absolute atomic E-state index is 0.0622. The van der Waals surface area contributed by atoms with Crippen LogP contribution in [0, 0.1) is 0 Å². The minimum Gasteiger partial charge on any atom is -0.486 e. The van der Waals surface area contributed by atoms with Crippen molar-refractivity contribution in [2.75, 3.05) is 26.0 Å². The van der Waals surface area contributed by atoms with Gasteiger partial charge in [-0.2, -0.15) is 0 Å². The highest BCUT2D eigenvalue weighted by molar-refractivity contribution is 6.04. The molecule has 1 atom stereocenters. The van der Waals surface area contributed by atoms with Crippen LogP contribution in [0.3, 0.4) is 0 Å². The molecule has 1 heterocycles. The summed E-state index contributed by atoms with van der Waals surface area (Å²) >= 11 is 0. The zero-order valence-electron chi connectivity index (χ0n) is 16.2. The summed E-state index contributed by atoms with van der Waals surface area (Å²) in [6, 6.07) is 21.1. The number of hydrogen-bond donors (Lipinski definition) is 1. The lowest BCUT2D eigenvalue weighted by atomic mass is 10.1. The molecule has 0 spiro atoms. The average Bonchev–Trinajstić information content (AvgIpc) is 2.72. The Morgan fingerprint density at radius 2 is 1.89 bits per heavy atom. The van der Waals surface area contributed by atoms with Gasteiger partial charge in [0.05, 0.1) is 5.56 Å². The van der Waals surface area contributed by atoms with Crippen molar-refractivity contribution in [2.24, 2.45) is 0 Å². The number of carbonyl (C=O) groups excluding carboxylic acids is 1. The van der Waals surface area contributed by atoms with Crippen LogP contribution in [0.2, 0.25) is 0 Å². The Bertz CT molecular complexity index is 883. The van der Waals surface area contributed by atoms with Crippen LogP contribution in [0.15, 0.2) is 79.1 Å². The molecule has 1 N–H and O–H groups in total. The molecule has 3 rings (SSSR count). The standard InChI is InChI=1S/C23H25N3O2/c1-26(2)15-13-22(18-8-4-3-5-9-18)28-21-12-6-11-20(16-21)25-23(27)19-10-7-14-24-17-19/h3-12,14,16-17,22H,13,15H2,1-2H3,(H,25,27). The Labute approximate surface area is 166 Å². The number of nitrogens with zero attached hydrogens (tertiary/aromatic N) is 2. The fraction of sp³-hybridized carbons (Fsp3) is 0.217. The molecule has 2 aromatic carbocycles. The van der Waals surface area contributed by atoms with Gasteiger partial charge in [0.1, 0.15) is 11.9 Å². The maximum atomic E-state index is 12.3. The van der Waals surface area contributed by atoms with Gasteiger partial charge in [0, 0.05) is 37.1 Å². The van der Waals surface area contributed by atoms with Crippen molar-refractivity contribution in [3.8, 4) is 5.75 Å². The van der Waals surface area contributed by atoms with Gasteiger partial charge >= 0.3 is 0 Å². The fourth-order valence-corrected chi connectivity index (χ4v) is 2.85. The summed E-state index contributed by atoms with van der Waals surface area (Å²) < 4.78 is 6.29. The van der Waals surface area contributed by atoms with Crippen molar-refractivity contribution in [3.63, 3.8) is 0 Å². The summed E-state index contributed by atoms with van der Waals surface area (Å²) in [5, 5.41) is 2.89.